The lowest BCUT2D eigenvalue weighted by atomic mass is 9.94. The van der Waals surface area contributed by atoms with Gasteiger partial charge < -0.3 is 20.6 Å². The molecular formula is C24H23F4N3O4. The number of phenolic OH excluding ortho intramolecular Hbond substituents is 1. The van der Waals surface area contributed by atoms with E-state index >= 15 is 0 Å². The second kappa shape index (κ2) is 9.40. The van der Waals surface area contributed by atoms with Crippen LogP contribution >= 0.6 is 0 Å². The van der Waals surface area contributed by atoms with Gasteiger partial charge in [0.2, 0.25) is 0 Å². The van der Waals surface area contributed by atoms with Crippen molar-refractivity contribution in [3.8, 4) is 5.75 Å². The molecule has 0 aliphatic heterocycles. The van der Waals surface area contributed by atoms with Gasteiger partial charge in [0.05, 0.1) is 22.9 Å². The summed E-state index contributed by atoms with van der Waals surface area (Å²) < 4.78 is 52.9. The van der Waals surface area contributed by atoms with Crippen LogP contribution < -0.4 is 21.5 Å². The number of benzene rings is 2. The van der Waals surface area contributed by atoms with E-state index in [9.17, 15) is 37.1 Å². The van der Waals surface area contributed by atoms with E-state index in [2.05, 4.69) is 10.6 Å². The first-order valence-corrected chi connectivity index (χ1v) is 10.5. The Labute approximate surface area is 197 Å². The molecule has 3 N–H and O–H groups in total. The molecule has 0 aliphatic carbocycles. The van der Waals surface area contributed by atoms with Crippen LogP contribution in [0, 0.1) is 11.7 Å². The number of aromatic hydroxyl groups is 1. The molecule has 186 valence electrons. The van der Waals surface area contributed by atoms with Crippen LogP contribution in [-0.4, -0.2) is 30.0 Å². The van der Waals surface area contributed by atoms with E-state index in [0.717, 1.165) is 12.1 Å². The summed E-state index contributed by atoms with van der Waals surface area (Å²) in [6, 6.07) is 5.90. The Kier molecular flexibility index (Phi) is 6.91. The Bertz CT molecular complexity index is 1340. The lowest BCUT2D eigenvalue weighted by Gasteiger charge is -2.26. The van der Waals surface area contributed by atoms with Crippen molar-refractivity contribution in [3.63, 3.8) is 0 Å². The Balaban J connectivity index is 1.95. The van der Waals surface area contributed by atoms with Gasteiger partial charge >= 0.3 is 6.18 Å². The highest BCUT2D eigenvalue weighted by atomic mass is 19.4. The highest BCUT2D eigenvalue weighted by Crippen LogP contribution is 2.36. The van der Waals surface area contributed by atoms with Crippen LogP contribution in [0.25, 0.3) is 0 Å². The fourth-order valence-corrected chi connectivity index (χ4v) is 3.59. The van der Waals surface area contributed by atoms with Gasteiger partial charge in [0.15, 0.2) is 5.75 Å². The normalized spacial score (nSPS) is 12.6. The number of hydrogen-bond acceptors (Lipinski definition) is 6. The number of alkyl halides is 3. The van der Waals surface area contributed by atoms with Crippen LogP contribution in [0.1, 0.15) is 41.4 Å². The van der Waals surface area contributed by atoms with E-state index in [4.69, 9.17) is 0 Å². The molecule has 0 heterocycles. The zero-order valence-corrected chi connectivity index (χ0v) is 19.2. The summed E-state index contributed by atoms with van der Waals surface area (Å²) >= 11 is 0. The molecule has 0 unspecified atom stereocenters. The van der Waals surface area contributed by atoms with Crippen molar-refractivity contribution in [2.45, 2.75) is 26.1 Å². The third-order valence-electron chi connectivity index (χ3n) is 5.47. The van der Waals surface area contributed by atoms with E-state index in [1.165, 1.54) is 37.2 Å². The van der Waals surface area contributed by atoms with Gasteiger partial charge in [-0.3, -0.25) is 14.4 Å². The number of hydrogen-bond donors (Lipinski definition) is 3. The summed E-state index contributed by atoms with van der Waals surface area (Å²) in [7, 11) is 2.99. The third-order valence-corrected chi connectivity index (χ3v) is 5.47. The number of rotatable bonds is 7. The monoisotopic (exact) mass is 493 g/mol. The van der Waals surface area contributed by atoms with Gasteiger partial charge in [0.25, 0.3) is 16.8 Å². The van der Waals surface area contributed by atoms with E-state index in [1.807, 2.05) is 0 Å². The number of nitrogens with zero attached hydrogens (tertiary/aromatic N) is 1. The van der Waals surface area contributed by atoms with E-state index in [0.29, 0.717) is 6.07 Å². The summed E-state index contributed by atoms with van der Waals surface area (Å²) in [5.41, 5.74) is -3.45. The largest absolute Gasteiger partial charge is 0.505 e. The van der Waals surface area contributed by atoms with Crippen LogP contribution in [0.5, 0.6) is 5.75 Å². The number of nitrogens with one attached hydrogen (secondary N) is 2. The fourth-order valence-electron chi connectivity index (χ4n) is 3.59. The average molecular weight is 493 g/mol. The van der Waals surface area contributed by atoms with Gasteiger partial charge in [-0.1, -0.05) is 26.0 Å². The topological polar surface area (TPSA) is 98.7 Å². The first-order chi connectivity index (χ1) is 16.2. The molecule has 1 atom stereocenters. The average Bonchev–Trinajstić information content (AvgIpc) is 2.77. The van der Waals surface area contributed by atoms with Gasteiger partial charge in [-0.25, -0.2) is 4.39 Å². The van der Waals surface area contributed by atoms with Crippen LogP contribution in [0.4, 0.5) is 34.6 Å². The van der Waals surface area contributed by atoms with Crippen molar-refractivity contribution in [2.75, 3.05) is 24.7 Å². The second-order valence-electron chi connectivity index (χ2n) is 8.54. The predicted octanol–water partition coefficient (Wildman–Crippen LogP) is 4.40. The minimum atomic E-state index is -4.86. The molecular weight excluding hydrogens is 470 g/mol. The molecule has 0 radical (unpaired) electrons. The smallest absolute Gasteiger partial charge is 0.419 e. The maximum atomic E-state index is 14.2. The molecule has 3 aromatic rings. The Morgan fingerprint density at radius 1 is 1.03 bits per heavy atom. The number of amides is 1. The summed E-state index contributed by atoms with van der Waals surface area (Å²) in [6.07, 6.45) is -4.86. The Morgan fingerprint density at radius 3 is 2.20 bits per heavy atom. The number of para-hydroxylation sites is 1. The minimum absolute atomic E-state index is 0.00507. The first-order valence-electron chi connectivity index (χ1n) is 10.5. The lowest BCUT2D eigenvalue weighted by molar-refractivity contribution is -0.140. The molecule has 0 bridgehead atoms. The molecule has 35 heavy (non-hydrogen) atoms. The molecule has 0 aliphatic rings. The van der Waals surface area contributed by atoms with Crippen LogP contribution in [0.15, 0.2) is 46.0 Å². The number of anilines is 3. The Hall–Kier alpha value is -3.89. The lowest BCUT2D eigenvalue weighted by Crippen LogP contribution is -2.38. The van der Waals surface area contributed by atoms with Crippen molar-refractivity contribution < 1.29 is 27.5 Å². The number of carbonyl (C=O) groups is 1. The molecule has 3 aromatic carbocycles. The van der Waals surface area contributed by atoms with Crippen LogP contribution in [0.2, 0.25) is 0 Å². The van der Waals surface area contributed by atoms with Gasteiger partial charge in [-0.15, -0.1) is 0 Å². The van der Waals surface area contributed by atoms with E-state index in [1.54, 1.807) is 13.8 Å². The third kappa shape index (κ3) is 4.98. The molecule has 3 rings (SSSR count). The summed E-state index contributed by atoms with van der Waals surface area (Å²) in [6.45, 7) is 3.40. The highest BCUT2D eigenvalue weighted by Gasteiger charge is 2.35. The number of halogens is 4. The molecule has 0 fully saturated rings. The maximum Gasteiger partial charge on any atom is 0.419 e. The maximum absolute atomic E-state index is 14.2. The summed E-state index contributed by atoms with van der Waals surface area (Å²) in [4.78, 5) is 38.1. The standard InChI is InChI=1S/C24H23F4N3O4/c1-11(2)17(12-8-9-14(15(25)10-12)24(26,27)28)30-19-18(21(33)22(19)34)29-16-7-5-6-13(20(16)32)23(35)31(3)4/h5-11,17,29-30,32H,1-4H3/t17-/m1/s1. The number of phenols is 1. The Morgan fingerprint density at radius 2 is 1.66 bits per heavy atom. The summed E-state index contributed by atoms with van der Waals surface area (Å²) in [5, 5.41) is 16.0. The molecule has 0 saturated carbocycles. The molecule has 0 aromatic heterocycles. The SMILES string of the molecule is CC(C)[C@@H](Nc1c(Nc2cccc(C(=O)N(C)C)c2O)c(=O)c1=O)c1ccc(C(F)(F)F)c(F)c1. The van der Waals surface area contributed by atoms with Crippen molar-refractivity contribution in [1.29, 1.82) is 0 Å². The van der Waals surface area contributed by atoms with E-state index < -0.39 is 46.1 Å². The van der Waals surface area contributed by atoms with Gasteiger partial charge in [0.1, 0.15) is 17.2 Å². The van der Waals surface area contributed by atoms with Gasteiger partial charge in [-0.2, -0.15) is 13.2 Å². The van der Waals surface area contributed by atoms with Crippen molar-refractivity contribution >= 4 is 23.0 Å². The fraction of sp³-hybridized carbons (Fsp3) is 0.292. The van der Waals surface area contributed by atoms with Crippen molar-refractivity contribution in [1.82, 2.24) is 4.90 Å². The molecule has 1 amide bonds. The molecule has 11 heteroatoms. The highest BCUT2D eigenvalue weighted by molar-refractivity contribution is 5.99. The van der Waals surface area contributed by atoms with Gasteiger partial charge in [-0.05, 0) is 35.7 Å². The van der Waals surface area contributed by atoms with Crippen LogP contribution in [-0.2, 0) is 6.18 Å². The minimum Gasteiger partial charge on any atom is -0.505 e. The molecule has 7 nitrogen and oxygen atoms in total. The zero-order chi connectivity index (χ0) is 26.2. The number of carbonyl (C=O) groups excluding carboxylic acids is 1. The van der Waals surface area contributed by atoms with E-state index in [-0.39, 0.29) is 34.1 Å². The van der Waals surface area contributed by atoms with Crippen LogP contribution in [0.3, 0.4) is 0 Å². The van der Waals surface area contributed by atoms with Gasteiger partial charge in [0, 0.05) is 14.1 Å². The second-order valence-corrected chi connectivity index (χ2v) is 8.54. The first kappa shape index (κ1) is 25.7. The predicted molar refractivity (Wildman–Crippen MR) is 123 cm³/mol. The van der Waals surface area contributed by atoms with Crippen molar-refractivity contribution in [2.24, 2.45) is 5.92 Å². The molecule has 0 spiro atoms. The molecule has 0 saturated heterocycles. The quantitative estimate of drug-likeness (QED) is 0.256. The van der Waals surface area contributed by atoms with Crippen molar-refractivity contribution in [3.05, 3.63) is 79.4 Å². The zero-order valence-electron chi connectivity index (χ0n) is 19.2. The summed E-state index contributed by atoms with van der Waals surface area (Å²) in [5.74, 6) is -2.70.